The lowest BCUT2D eigenvalue weighted by molar-refractivity contribution is 0.000158. The predicted octanol–water partition coefficient (Wildman–Crippen LogP) is 1.71. The Bertz CT molecular complexity index is 94.9. The molecule has 76 valence electrons. The molecule has 0 bridgehead atoms. The van der Waals surface area contributed by atoms with E-state index in [0.29, 0.717) is 19.3 Å². The first kappa shape index (κ1) is 11.9. The van der Waals surface area contributed by atoms with E-state index in [1.54, 1.807) is 7.11 Å². The van der Waals surface area contributed by atoms with Crippen LogP contribution in [-0.2, 0) is 14.2 Å². The van der Waals surface area contributed by atoms with Gasteiger partial charge < -0.3 is 14.2 Å². The third-order valence-electron chi connectivity index (χ3n) is 1.76. The highest BCUT2D eigenvalue weighted by molar-refractivity contribution is 4.62. The first-order valence-corrected chi connectivity index (χ1v) is 4.12. The summed E-state index contributed by atoms with van der Waals surface area (Å²) in [6.07, 6.45) is 2.66. The lowest BCUT2D eigenvalue weighted by Crippen LogP contribution is -2.15. The maximum absolute atomic E-state index is 5.37. The molecule has 1 rings (SSSR count). The molecule has 0 radical (unpaired) electrons. The Labute approximate surface area is 76.5 Å². The van der Waals surface area contributed by atoms with Gasteiger partial charge in [0, 0.05) is 15.1 Å². The van der Waals surface area contributed by atoms with Gasteiger partial charge in [0.15, 0.2) is 0 Å². The van der Waals surface area contributed by atoms with Crippen LogP contribution in [0, 0.1) is 0 Å². The monoisotopic (exact) mass is 178 g/mol. The molecular weight excluding hydrogens is 156 g/mol. The van der Waals surface area contributed by atoms with Crippen molar-refractivity contribution >= 4 is 0 Å². The van der Waals surface area contributed by atoms with Gasteiger partial charge in [-0.15, -0.1) is 0 Å². The molecule has 0 aromatic rings. The minimum Gasteiger partial charge on any atom is -0.382 e. The first-order chi connectivity index (χ1) is 5.43. The van der Waals surface area contributed by atoms with E-state index in [-0.39, 0.29) is 8.85 Å². The van der Waals surface area contributed by atoms with Crippen LogP contribution in [0.3, 0.4) is 0 Å². The van der Waals surface area contributed by atoms with Crippen molar-refractivity contribution < 1.29 is 15.6 Å². The second-order valence-electron chi connectivity index (χ2n) is 2.70. The summed E-state index contributed by atoms with van der Waals surface area (Å²) in [6.45, 7) is 2.98. The zero-order chi connectivity index (χ0) is 7.94. The van der Waals surface area contributed by atoms with Crippen LogP contribution in [0.2, 0.25) is 0 Å². The third kappa shape index (κ3) is 4.70. The molecule has 0 aliphatic carbocycles. The van der Waals surface area contributed by atoms with Gasteiger partial charge in [-0.05, 0) is 12.8 Å². The Kier molecular flexibility index (Phi) is 7.45. The summed E-state index contributed by atoms with van der Waals surface area (Å²) >= 11 is 0. The van der Waals surface area contributed by atoms with Crippen LogP contribution in [0.25, 0.3) is 0 Å². The van der Waals surface area contributed by atoms with Crippen molar-refractivity contribution in [2.75, 3.05) is 33.5 Å². The van der Waals surface area contributed by atoms with Crippen molar-refractivity contribution in [3.8, 4) is 0 Å². The number of rotatable bonds is 5. The second kappa shape index (κ2) is 7.53. The van der Waals surface area contributed by atoms with Crippen molar-refractivity contribution in [2.45, 2.75) is 26.4 Å². The highest BCUT2D eigenvalue weighted by atomic mass is 16.5. The quantitative estimate of drug-likeness (QED) is 0.600. The predicted molar refractivity (Wildman–Crippen MR) is 50.5 cm³/mol. The van der Waals surface area contributed by atoms with E-state index in [1.807, 2.05) is 0 Å². The maximum atomic E-state index is 5.37. The topological polar surface area (TPSA) is 27.7 Å². The van der Waals surface area contributed by atoms with Gasteiger partial charge in [0.2, 0.25) is 0 Å². The molecule has 3 nitrogen and oxygen atoms in total. The van der Waals surface area contributed by atoms with Crippen LogP contribution in [0.15, 0.2) is 0 Å². The summed E-state index contributed by atoms with van der Waals surface area (Å²) in [5.41, 5.74) is 0. The van der Waals surface area contributed by atoms with Crippen molar-refractivity contribution in [1.82, 2.24) is 0 Å². The number of hydrogen-bond donors (Lipinski definition) is 0. The summed E-state index contributed by atoms with van der Waals surface area (Å²) in [5.74, 6) is 0. The van der Waals surface area contributed by atoms with Gasteiger partial charge in [-0.2, -0.15) is 0 Å². The molecule has 1 aliphatic heterocycles. The molecule has 12 heavy (non-hydrogen) atoms. The number of hydrogen-bond acceptors (Lipinski definition) is 3. The smallest absolute Gasteiger partial charge is 0.0809 e. The normalized spacial score (nSPS) is 22.2. The minimum atomic E-state index is 0. The molecule has 0 spiro atoms. The molecule has 3 heteroatoms. The third-order valence-corrected chi connectivity index (χ3v) is 1.76. The Morgan fingerprint density at radius 3 is 2.92 bits per heavy atom. The summed E-state index contributed by atoms with van der Waals surface area (Å²) in [7, 11) is 1.68. The molecule has 0 amide bonds. The Balaban J connectivity index is 0. The fourth-order valence-electron chi connectivity index (χ4n) is 1.13. The van der Waals surface area contributed by atoms with Gasteiger partial charge in [0.1, 0.15) is 0 Å². The van der Waals surface area contributed by atoms with Crippen LogP contribution >= 0.6 is 0 Å². The van der Waals surface area contributed by atoms with E-state index in [1.165, 1.54) is 6.42 Å². The zero-order valence-electron chi connectivity index (χ0n) is 7.04. The molecule has 0 saturated carbocycles. The molecular formula is C9H22O3. The van der Waals surface area contributed by atoms with Crippen molar-refractivity contribution in [2.24, 2.45) is 0 Å². The molecule has 1 heterocycles. The van der Waals surface area contributed by atoms with Crippen LogP contribution in [0.4, 0.5) is 0 Å². The van der Waals surface area contributed by atoms with Crippen LogP contribution < -0.4 is 0 Å². The van der Waals surface area contributed by atoms with Crippen molar-refractivity contribution in [3.05, 3.63) is 0 Å². The number of methoxy groups -OCH3 is 1. The van der Waals surface area contributed by atoms with Crippen LogP contribution in [-0.4, -0.2) is 39.6 Å². The van der Waals surface area contributed by atoms with Gasteiger partial charge in [-0.3, -0.25) is 0 Å². The van der Waals surface area contributed by atoms with Crippen molar-refractivity contribution in [1.29, 1.82) is 0 Å². The highest BCUT2D eigenvalue weighted by Gasteiger charge is 2.14. The molecule has 1 unspecified atom stereocenters. The van der Waals surface area contributed by atoms with Crippen LogP contribution in [0.1, 0.15) is 21.7 Å². The average Bonchev–Trinajstić information content (AvgIpc) is 2.50. The van der Waals surface area contributed by atoms with E-state index in [9.17, 15) is 0 Å². The Morgan fingerprint density at radius 2 is 2.33 bits per heavy atom. The van der Waals surface area contributed by atoms with Gasteiger partial charge in [0.25, 0.3) is 0 Å². The largest absolute Gasteiger partial charge is 0.382 e. The van der Waals surface area contributed by atoms with Crippen molar-refractivity contribution in [3.63, 3.8) is 0 Å². The van der Waals surface area contributed by atoms with Gasteiger partial charge in [-0.25, -0.2) is 0 Å². The molecule has 1 atom stereocenters. The Morgan fingerprint density at radius 1 is 1.50 bits per heavy atom. The summed E-state index contributed by atoms with van der Waals surface area (Å²) in [4.78, 5) is 0. The molecule has 0 N–H and O–H groups in total. The fourth-order valence-corrected chi connectivity index (χ4v) is 1.13. The zero-order valence-corrected chi connectivity index (χ0v) is 7.04. The fraction of sp³-hybridized carbons (Fsp3) is 1.00. The summed E-state index contributed by atoms with van der Waals surface area (Å²) in [5, 5.41) is 0. The molecule has 1 saturated heterocycles. The van der Waals surface area contributed by atoms with Gasteiger partial charge in [0.05, 0.1) is 25.9 Å². The van der Waals surface area contributed by atoms with E-state index in [0.717, 1.165) is 19.6 Å². The second-order valence-corrected chi connectivity index (χ2v) is 2.70. The minimum absolute atomic E-state index is 0. The molecule has 0 aromatic heterocycles. The van der Waals surface area contributed by atoms with Gasteiger partial charge in [-0.1, -0.05) is 7.43 Å². The number of ether oxygens (including phenoxy) is 3. The van der Waals surface area contributed by atoms with Gasteiger partial charge >= 0.3 is 0 Å². The standard InChI is InChI=1S/C8H16O3.CH4.H2/c1-9-5-6-10-7-8-3-2-4-11-8;;/h8H,2-7H2,1H3;1H4;1H. The average molecular weight is 178 g/mol. The van der Waals surface area contributed by atoms with Crippen LogP contribution in [0.5, 0.6) is 0 Å². The SMILES string of the molecule is C.COCCOCC1CCCO1.[HH]. The lowest BCUT2D eigenvalue weighted by atomic mass is 10.2. The maximum Gasteiger partial charge on any atom is 0.0809 e. The lowest BCUT2D eigenvalue weighted by Gasteiger charge is -2.08. The first-order valence-electron chi connectivity index (χ1n) is 4.12. The molecule has 1 fully saturated rings. The Hall–Kier alpha value is -0.120. The van der Waals surface area contributed by atoms with E-state index < -0.39 is 0 Å². The summed E-state index contributed by atoms with van der Waals surface area (Å²) < 4.78 is 15.5. The highest BCUT2D eigenvalue weighted by Crippen LogP contribution is 2.11. The van der Waals surface area contributed by atoms with E-state index in [2.05, 4.69) is 0 Å². The molecule has 1 aliphatic rings. The van der Waals surface area contributed by atoms with E-state index in [4.69, 9.17) is 14.2 Å². The van der Waals surface area contributed by atoms with E-state index >= 15 is 0 Å². The molecule has 0 aromatic carbocycles. The summed E-state index contributed by atoms with van der Waals surface area (Å²) in [6, 6.07) is 0.